The van der Waals surface area contributed by atoms with Crippen LogP contribution in [0.3, 0.4) is 0 Å². The molecule has 1 saturated heterocycles. The van der Waals surface area contributed by atoms with Crippen molar-refractivity contribution in [3.63, 3.8) is 0 Å². The Kier molecular flexibility index (Phi) is 4.43. The number of hydrogen-bond donors (Lipinski definition) is 1. The molecule has 1 aromatic rings. The standard InChI is InChI=1S/C15H24N4/c1-12-10-19(11-13(2)18(12)3)15(16)17-9-14-7-5-4-6-8-14/h4-8,12-13H,9-11H2,1-3H3,(H2,16,17). The lowest BCUT2D eigenvalue weighted by Crippen LogP contribution is -2.58. The molecule has 0 amide bonds. The zero-order valence-corrected chi connectivity index (χ0v) is 12.1. The molecule has 0 spiro atoms. The molecule has 2 unspecified atom stereocenters. The summed E-state index contributed by atoms with van der Waals surface area (Å²) in [6.45, 7) is 7.01. The van der Waals surface area contributed by atoms with Crippen molar-refractivity contribution in [2.75, 3.05) is 20.1 Å². The van der Waals surface area contributed by atoms with Gasteiger partial charge in [0.25, 0.3) is 0 Å². The zero-order valence-electron chi connectivity index (χ0n) is 12.1. The average molecular weight is 260 g/mol. The van der Waals surface area contributed by atoms with Crippen molar-refractivity contribution >= 4 is 5.96 Å². The summed E-state index contributed by atoms with van der Waals surface area (Å²) in [5, 5.41) is 0. The van der Waals surface area contributed by atoms with E-state index in [1.165, 1.54) is 5.56 Å². The highest BCUT2D eigenvalue weighted by Crippen LogP contribution is 2.13. The van der Waals surface area contributed by atoms with Crippen LogP contribution in [0.4, 0.5) is 0 Å². The molecule has 2 atom stereocenters. The number of piperazine rings is 1. The first kappa shape index (κ1) is 13.9. The summed E-state index contributed by atoms with van der Waals surface area (Å²) >= 11 is 0. The molecule has 0 saturated carbocycles. The summed E-state index contributed by atoms with van der Waals surface area (Å²) in [6, 6.07) is 11.2. The molecule has 2 rings (SSSR count). The second-order valence-electron chi connectivity index (χ2n) is 5.43. The maximum absolute atomic E-state index is 6.12. The Morgan fingerprint density at radius 1 is 1.21 bits per heavy atom. The molecular formula is C15H24N4. The summed E-state index contributed by atoms with van der Waals surface area (Å²) in [4.78, 5) is 9.10. The summed E-state index contributed by atoms with van der Waals surface area (Å²) in [5.74, 6) is 0.663. The molecule has 104 valence electrons. The van der Waals surface area contributed by atoms with Gasteiger partial charge in [-0.3, -0.25) is 4.90 Å². The number of hydrogen-bond acceptors (Lipinski definition) is 2. The molecular weight excluding hydrogens is 236 g/mol. The summed E-state index contributed by atoms with van der Waals surface area (Å²) in [5.41, 5.74) is 7.32. The van der Waals surface area contributed by atoms with E-state index in [2.05, 4.69) is 47.8 Å². The number of likely N-dealkylation sites (N-methyl/N-ethyl adjacent to an activating group) is 1. The molecule has 1 aromatic carbocycles. The van der Waals surface area contributed by atoms with E-state index in [4.69, 9.17) is 5.73 Å². The van der Waals surface area contributed by atoms with Gasteiger partial charge in [-0.25, -0.2) is 4.99 Å². The highest BCUT2D eigenvalue weighted by Gasteiger charge is 2.27. The van der Waals surface area contributed by atoms with Crippen molar-refractivity contribution in [1.29, 1.82) is 0 Å². The van der Waals surface area contributed by atoms with E-state index < -0.39 is 0 Å². The highest BCUT2D eigenvalue weighted by molar-refractivity contribution is 5.78. The Hall–Kier alpha value is -1.55. The van der Waals surface area contributed by atoms with E-state index in [0.717, 1.165) is 13.1 Å². The van der Waals surface area contributed by atoms with Crippen LogP contribution < -0.4 is 5.73 Å². The molecule has 1 heterocycles. The van der Waals surface area contributed by atoms with Crippen LogP contribution in [0.25, 0.3) is 0 Å². The van der Waals surface area contributed by atoms with Crippen LogP contribution in [0.1, 0.15) is 19.4 Å². The van der Waals surface area contributed by atoms with Crippen molar-refractivity contribution in [3.8, 4) is 0 Å². The third-order valence-electron chi connectivity index (χ3n) is 3.95. The van der Waals surface area contributed by atoms with Crippen molar-refractivity contribution in [2.45, 2.75) is 32.5 Å². The van der Waals surface area contributed by atoms with Gasteiger partial charge in [-0.1, -0.05) is 30.3 Å². The van der Waals surface area contributed by atoms with E-state index in [-0.39, 0.29) is 0 Å². The molecule has 1 aliphatic rings. The van der Waals surface area contributed by atoms with Crippen LogP contribution in [0.5, 0.6) is 0 Å². The van der Waals surface area contributed by atoms with E-state index in [1.54, 1.807) is 0 Å². The summed E-state index contributed by atoms with van der Waals surface area (Å²) in [6.07, 6.45) is 0. The quantitative estimate of drug-likeness (QED) is 0.648. The molecule has 0 aromatic heterocycles. The number of guanidine groups is 1. The number of aliphatic imine (C=N–C) groups is 1. The van der Waals surface area contributed by atoms with Gasteiger partial charge in [0.1, 0.15) is 0 Å². The predicted molar refractivity (Wildman–Crippen MR) is 80.0 cm³/mol. The smallest absolute Gasteiger partial charge is 0.191 e. The minimum atomic E-state index is 0.509. The van der Waals surface area contributed by atoms with Crippen molar-refractivity contribution < 1.29 is 0 Å². The predicted octanol–water partition coefficient (Wildman–Crippen LogP) is 1.53. The Labute approximate surface area is 115 Å². The Bertz CT molecular complexity index is 417. The first-order valence-electron chi connectivity index (χ1n) is 6.88. The van der Waals surface area contributed by atoms with Gasteiger partial charge in [-0.2, -0.15) is 0 Å². The number of nitrogens with zero attached hydrogens (tertiary/aromatic N) is 3. The molecule has 0 radical (unpaired) electrons. The second kappa shape index (κ2) is 6.06. The van der Waals surface area contributed by atoms with Gasteiger partial charge in [-0.05, 0) is 26.5 Å². The second-order valence-corrected chi connectivity index (χ2v) is 5.43. The third-order valence-corrected chi connectivity index (χ3v) is 3.95. The fraction of sp³-hybridized carbons (Fsp3) is 0.533. The average Bonchev–Trinajstić information content (AvgIpc) is 2.42. The number of nitrogens with two attached hydrogens (primary N) is 1. The fourth-order valence-electron chi connectivity index (χ4n) is 2.45. The summed E-state index contributed by atoms with van der Waals surface area (Å²) in [7, 11) is 2.17. The topological polar surface area (TPSA) is 44.9 Å². The lowest BCUT2D eigenvalue weighted by Gasteiger charge is -2.42. The number of rotatable bonds is 2. The molecule has 0 aliphatic carbocycles. The molecule has 2 N–H and O–H groups in total. The molecule has 1 fully saturated rings. The molecule has 0 bridgehead atoms. The van der Waals surface area contributed by atoms with Crippen LogP contribution in [0, 0.1) is 0 Å². The zero-order chi connectivity index (χ0) is 13.8. The maximum Gasteiger partial charge on any atom is 0.191 e. The maximum atomic E-state index is 6.12. The first-order valence-corrected chi connectivity index (χ1v) is 6.88. The van der Waals surface area contributed by atoms with Crippen molar-refractivity contribution in [3.05, 3.63) is 35.9 Å². The molecule has 4 nitrogen and oxygen atoms in total. The molecule has 4 heteroatoms. The van der Waals surface area contributed by atoms with E-state index in [1.807, 2.05) is 18.2 Å². The SMILES string of the molecule is CC1CN(C(N)=NCc2ccccc2)CC(C)N1C. The lowest BCUT2D eigenvalue weighted by molar-refractivity contribution is 0.0980. The Morgan fingerprint density at radius 2 is 1.79 bits per heavy atom. The fourth-order valence-corrected chi connectivity index (χ4v) is 2.45. The number of benzene rings is 1. The van der Waals surface area contributed by atoms with Crippen LogP contribution in [0.2, 0.25) is 0 Å². The lowest BCUT2D eigenvalue weighted by atomic mass is 10.1. The monoisotopic (exact) mass is 260 g/mol. The minimum Gasteiger partial charge on any atom is -0.370 e. The van der Waals surface area contributed by atoms with Crippen LogP contribution >= 0.6 is 0 Å². The Balaban J connectivity index is 1.97. The van der Waals surface area contributed by atoms with Crippen molar-refractivity contribution in [2.24, 2.45) is 10.7 Å². The van der Waals surface area contributed by atoms with Gasteiger partial charge in [-0.15, -0.1) is 0 Å². The summed E-state index contributed by atoms with van der Waals surface area (Å²) < 4.78 is 0. The molecule has 1 aliphatic heterocycles. The molecule has 19 heavy (non-hydrogen) atoms. The van der Waals surface area contributed by atoms with Gasteiger partial charge in [0, 0.05) is 25.2 Å². The van der Waals surface area contributed by atoms with Crippen LogP contribution in [0.15, 0.2) is 35.3 Å². The van der Waals surface area contributed by atoms with Gasteiger partial charge in [0.15, 0.2) is 5.96 Å². The van der Waals surface area contributed by atoms with E-state index in [9.17, 15) is 0 Å². The van der Waals surface area contributed by atoms with E-state index >= 15 is 0 Å². The Morgan fingerprint density at radius 3 is 2.37 bits per heavy atom. The normalized spacial score (nSPS) is 25.6. The first-order chi connectivity index (χ1) is 9.08. The third kappa shape index (κ3) is 3.47. The van der Waals surface area contributed by atoms with Gasteiger partial charge < -0.3 is 10.6 Å². The van der Waals surface area contributed by atoms with Crippen LogP contribution in [-0.2, 0) is 6.54 Å². The van der Waals surface area contributed by atoms with Gasteiger partial charge in [0.2, 0.25) is 0 Å². The minimum absolute atomic E-state index is 0.509. The van der Waals surface area contributed by atoms with Crippen LogP contribution in [-0.4, -0.2) is 48.0 Å². The van der Waals surface area contributed by atoms with Crippen molar-refractivity contribution in [1.82, 2.24) is 9.80 Å². The highest BCUT2D eigenvalue weighted by atomic mass is 15.3. The van der Waals surface area contributed by atoms with Gasteiger partial charge >= 0.3 is 0 Å². The van der Waals surface area contributed by atoms with E-state index in [0.29, 0.717) is 24.6 Å². The van der Waals surface area contributed by atoms with Gasteiger partial charge in [0.05, 0.1) is 6.54 Å². The largest absolute Gasteiger partial charge is 0.370 e.